The molecule has 0 atom stereocenters. The van der Waals surface area contributed by atoms with Crippen LogP contribution in [-0.2, 0) is 5.41 Å². The highest BCUT2D eigenvalue weighted by Gasteiger charge is 2.52. The molecule has 12 rings (SSSR count). The van der Waals surface area contributed by atoms with E-state index < -0.39 is 0 Å². The molecule has 254 valence electrons. The van der Waals surface area contributed by atoms with Crippen molar-refractivity contribution < 1.29 is 0 Å². The summed E-state index contributed by atoms with van der Waals surface area (Å²) in [6, 6.07) is 77.0. The van der Waals surface area contributed by atoms with E-state index in [-0.39, 0.29) is 5.41 Å². The van der Waals surface area contributed by atoms with Crippen molar-refractivity contribution in [2.24, 2.45) is 0 Å². The lowest BCUT2D eigenvalue weighted by Crippen LogP contribution is -2.25. The molecular weight excluding hydrogens is 661 g/mol. The molecule has 0 unspecified atom stereocenters. The lowest BCUT2D eigenvalue weighted by molar-refractivity contribution is 0.794. The van der Waals surface area contributed by atoms with Crippen molar-refractivity contribution >= 4 is 32.3 Å². The fraction of sp³-hybridized carbons (Fsp3) is 0.0182. The number of hydrogen-bond donors (Lipinski definition) is 0. The summed E-state index contributed by atoms with van der Waals surface area (Å²) < 4.78 is 0. The van der Waals surface area contributed by atoms with Crippen LogP contribution in [0.4, 0.5) is 0 Å². The average molecular weight is 695 g/mol. The molecule has 0 saturated heterocycles. The van der Waals surface area contributed by atoms with Crippen molar-refractivity contribution in [3.63, 3.8) is 0 Å². The van der Waals surface area contributed by atoms with Crippen LogP contribution in [-0.4, -0.2) is 0 Å². The van der Waals surface area contributed by atoms with Gasteiger partial charge in [-0.15, -0.1) is 0 Å². The molecule has 2 aliphatic rings. The second-order valence-electron chi connectivity index (χ2n) is 15.1. The van der Waals surface area contributed by atoms with Gasteiger partial charge in [-0.05, 0) is 116 Å². The summed E-state index contributed by atoms with van der Waals surface area (Å²) in [5.74, 6) is 0. The van der Waals surface area contributed by atoms with E-state index >= 15 is 0 Å². The van der Waals surface area contributed by atoms with Gasteiger partial charge in [0.2, 0.25) is 0 Å². The Bertz CT molecular complexity index is 3100. The molecule has 0 aliphatic heterocycles. The molecule has 0 heterocycles. The summed E-state index contributed by atoms with van der Waals surface area (Å²) in [6.07, 6.45) is 0. The molecule has 0 saturated carbocycles. The molecule has 0 heteroatoms. The zero-order valence-corrected chi connectivity index (χ0v) is 30.1. The van der Waals surface area contributed by atoms with Gasteiger partial charge in [0.05, 0.1) is 5.41 Å². The Morgan fingerprint density at radius 3 is 1.33 bits per heavy atom. The van der Waals surface area contributed by atoms with Gasteiger partial charge in [0.25, 0.3) is 0 Å². The third-order valence-electron chi connectivity index (χ3n) is 12.5. The normalized spacial score (nSPS) is 13.2. The number of fused-ring (bicyclic) bond motifs is 13. The molecule has 0 bridgehead atoms. The Morgan fingerprint density at radius 2 is 0.691 bits per heavy atom. The summed E-state index contributed by atoms with van der Waals surface area (Å²) in [7, 11) is 0. The van der Waals surface area contributed by atoms with E-state index in [1.807, 2.05) is 0 Å². The predicted molar refractivity (Wildman–Crippen MR) is 232 cm³/mol. The van der Waals surface area contributed by atoms with Crippen molar-refractivity contribution in [1.82, 2.24) is 0 Å². The third-order valence-corrected chi connectivity index (χ3v) is 12.5. The Labute approximate surface area is 320 Å². The zero-order chi connectivity index (χ0) is 36.1. The topological polar surface area (TPSA) is 0 Å². The molecule has 2 aliphatic carbocycles. The minimum atomic E-state index is -0.389. The first-order valence-corrected chi connectivity index (χ1v) is 19.3. The number of benzene rings is 10. The van der Waals surface area contributed by atoms with Crippen LogP contribution >= 0.6 is 0 Å². The molecule has 55 heavy (non-hydrogen) atoms. The molecule has 1 spiro atoms. The van der Waals surface area contributed by atoms with Crippen molar-refractivity contribution in [2.45, 2.75) is 5.41 Å². The average Bonchev–Trinajstić information content (AvgIpc) is 3.73. The standard InChI is InChI=1S/C55H34/c1-2-16-35(17-3-1)37-33-32-36-18-14-26-44(47(36)34-37)52-40-21-4-6-23-42(40)53(43-24-7-5-22-41(43)52)46-27-15-31-51-54(46)45-25-10-13-30-50(45)55(51)48-28-11-8-19-38(48)39-20-9-12-29-49(39)55/h1-34H. The van der Waals surface area contributed by atoms with E-state index in [0.29, 0.717) is 0 Å². The molecule has 0 aromatic heterocycles. The maximum absolute atomic E-state index is 2.40. The highest BCUT2D eigenvalue weighted by atomic mass is 14.5. The van der Waals surface area contributed by atoms with Crippen molar-refractivity contribution in [1.29, 1.82) is 0 Å². The van der Waals surface area contributed by atoms with Gasteiger partial charge in [-0.2, -0.15) is 0 Å². The van der Waals surface area contributed by atoms with Crippen LogP contribution < -0.4 is 0 Å². The van der Waals surface area contributed by atoms with E-state index in [1.54, 1.807) is 0 Å². The zero-order valence-electron chi connectivity index (χ0n) is 30.1. The largest absolute Gasteiger partial charge is 0.0725 e. The van der Waals surface area contributed by atoms with E-state index in [1.165, 1.54) is 110 Å². The Hall–Kier alpha value is -7.02. The third kappa shape index (κ3) is 4.06. The van der Waals surface area contributed by atoms with Crippen LogP contribution in [0.5, 0.6) is 0 Å². The van der Waals surface area contributed by atoms with Crippen LogP contribution in [0.25, 0.3) is 88.0 Å². The highest BCUT2D eigenvalue weighted by Crippen LogP contribution is 2.64. The molecule has 0 fully saturated rings. The van der Waals surface area contributed by atoms with Crippen molar-refractivity contribution in [2.75, 3.05) is 0 Å². The minimum absolute atomic E-state index is 0.389. The molecular formula is C55H34. The Balaban J connectivity index is 1.19. The van der Waals surface area contributed by atoms with Crippen LogP contribution in [0, 0.1) is 0 Å². The first-order chi connectivity index (χ1) is 27.3. The second-order valence-corrected chi connectivity index (χ2v) is 15.1. The van der Waals surface area contributed by atoms with Gasteiger partial charge in [0, 0.05) is 0 Å². The van der Waals surface area contributed by atoms with Gasteiger partial charge in [-0.3, -0.25) is 0 Å². The molecule has 10 aromatic rings. The number of rotatable bonds is 3. The van der Waals surface area contributed by atoms with Crippen molar-refractivity contribution in [3.05, 3.63) is 229 Å². The van der Waals surface area contributed by atoms with Gasteiger partial charge in [0.1, 0.15) is 0 Å². The van der Waals surface area contributed by atoms with Gasteiger partial charge in [-0.25, -0.2) is 0 Å². The van der Waals surface area contributed by atoms with E-state index in [0.717, 1.165) is 0 Å². The molecule has 0 amide bonds. The number of hydrogen-bond acceptors (Lipinski definition) is 0. The maximum atomic E-state index is 2.40. The molecule has 0 N–H and O–H groups in total. The van der Waals surface area contributed by atoms with Crippen molar-refractivity contribution in [3.8, 4) is 55.6 Å². The first kappa shape index (κ1) is 30.4. The van der Waals surface area contributed by atoms with Gasteiger partial charge in [-0.1, -0.05) is 200 Å². The van der Waals surface area contributed by atoms with Gasteiger partial charge in [0.15, 0.2) is 0 Å². The SMILES string of the molecule is c1ccc(-c2ccc3cccc(-c4c5ccccc5c(-c5cccc6c5-c5ccccc5C65c6ccccc6-c6ccccc65)c5ccccc45)c3c2)cc1. The second kappa shape index (κ2) is 11.5. The van der Waals surface area contributed by atoms with Crippen LogP contribution in [0.2, 0.25) is 0 Å². The molecule has 0 radical (unpaired) electrons. The monoisotopic (exact) mass is 694 g/mol. The quantitative estimate of drug-likeness (QED) is 0.162. The van der Waals surface area contributed by atoms with Gasteiger partial charge < -0.3 is 0 Å². The minimum Gasteiger partial charge on any atom is -0.0622 e. The maximum Gasteiger partial charge on any atom is 0.0725 e. The summed E-state index contributed by atoms with van der Waals surface area (Å²) in [6.45, 7) is 0. The van der Waals surface area contributed by atoms with E-state index in [4.69, 9.17) is 0 Å². The Morgan fingerprint density at radius 1 is 0.236 bits per heavy atom. The van der Waals surface area contributed by atoms with E-state index in [2.05, 4.69) is 206 Å². The highest BCUT2D eigenvalue weighted by molar-refractivity contribution is 6.25. The fourth-order valence-corrected chi connectivity index (χ4v) is 10.4. The van der Waals surface area contributed by atoms with Crippen LogP contribution in [0.1, 0.15) is 22.3 Å². The summed E-state index contributed by atoms with van der Waals surface area (Å²) >= 11 is 0. The summed E-state index contributed by atoms with van der Waals surface area (Å²) in [4.78, 5) is 0. The van der Waals surface area contributed by atoms with Gasteiger partial charge >= 0.3 is 0 Å². The smallest absolute Gasteiger partial charge is 0.0622 e. The predicted octanol–water partition coefficient (Wildman–Crippen LogP) is 14.5. The lowest BCUT2D eigenvalue weighted by atomic mass is 9.70. The summed E-state index contributed by atoms with van der Waals surface area (Å²) in [5, 5.41) is 7.59. The molecule has 0 nitrogen and oxygen atoms in total. The Kier molecular flexibility index (Phi) is 6.36. The summed E-state index contributed by atoms with van der Waals surface area (Å²) in [5.41, 5.74) is 18.0. The molecule has 10 aromatic carbocycles. The van der Waals surface area contributed by atoms with Crippen LogP contribution in [0.3, 0.4) is 0 Å². The van der Waals surface area contributed by atoms with E-state index in [9.17, 15) is 0 Å². The van der Waals surface area contributed by atoms with Crippen LogP contribution in [0.15, 0.2) is 206 Å². The first-order valence-electron chi connectivity index (χ1n) is 19.3. The lowest BCUT2D eigenvalue weighted by Gasteiger charge is -2.30. The fourth-order valence-electron chi connectivity index (χ4n) is 10.4.